The van der Waals surface area contributed by atoms with Gasteiger partial charge in [-0.15, -0.1) is 10.2 Å². The standard InChI is InChI=1S/C13H8BrClN6O2S/c1-20(11-9(21(22)23)10(15)16-6-17-11)13-19-18-12(24-13)7-2-4-8(14)5-3-7/h2-6H,1H3. The second-order valence-corrected chi connectivity index (χ2v) is 6.78. The molecule has 0 N–H and O–H groups in total. The fourth-order valence-electron chi connectivity index (χ4n) is 1.90. The maximum atomic E-state index is 11.2. The first-order valence-electron chi connectivity index (χ1n) is 6.45. The molecule has 0 unspecified atom stereocenters. The van der Waals surface area contributed by atoms with E-state index in [4.69, 9.17) is 11.6 Å². The van der Waals surface area contributed by atoms with Crippen LogP contribution in [0.2, 0.25) is 5.15 Å². The summed E-state index contributed by atoms with van der Waals surface area (Å²) in [4.78, 5) is 19.7. The number of hydrogen-bond acceptors (Lipinski definition) is 8. The molecule has 2 heterocycles. The van der Waals surface area contributed by atoms with Crippen molar-refractivity contribution < 1.29 is 4.92 Å². The summed E-state index contributed by atoms with van der Waals surface area (Å²) in [7, 11) is 1.61. The second kappa shape index (κ2) is 6.75. The predicted octanol–water partition coefficient (Wildman–Crippen LogP) is 4.09. The first-order valence-corrected chi connectivity index (χ1v) is 8.44. The summed E-state index contributed by atoms with van der Waals surface area (Å²) < 4.78 is 0.958. The Morgan fingerprint density at radius 3 is 2.62 bits per heavy atom. The summed E-state index contributed by atoms with van der Waals surface area (Å²) in [5.74, 6) is 0.0542. The summed E-state index contributed by atoms with van der Waals surface area (Å²) in [6.07, 6.45) is 1.16. The molecule has 2 aromatic heterocycles. The molecule has 0 saturated heterocycles. The van der Waals surface area contributed by atoms with Gasteiger partial charge in [0.2, 0.25) is 16.1 Å². The Bertz CT molecular complexity index is 904. The lowest BCUT2D eigenvalue weighted by Crippen LogP contribution is -2.13. The van der Waals surface area contributed by atoms with E-state index in [1.165, 1.54) is 16.2 Å². The van der Waals surface area contributed by atoms with Crippen LogP contribution in [-0.2, 0) is 0 Å². The van der Waals surface area contributed by atoms with Gasteiger partial charge in [0.05, 0.1) is 4.92 Å². The zero-order valence-electron chi connectivity index (χ0n) is 12.1. The predicted molar refractivity (Wildman–Crippen MR) is 94.8 cm³/mol. The van der Waals surface area contributed by atoms with Crippen LogP contribution in [0.15, 0.2) is 35.1 Å². The molecule has 0 aliphatic rings. The van der Waals surface area contributed by atoms with Gasteiger partial charge in [-0.05, 0) is 12.1 Å². The zero-order valence-corrected chi connectivity index (χ0v) is 15.2. The van der Waals surface area contributed by atoms with E-state index < -0.39 is 4.92 Å². The summed E-state index contributed by atoms with van der Waals surface area (Å²) >= 11 is 10.5. The molecule has 0 amide bonds. The Labute approximate surface area is 153 Å². The first kappa shape index (κ1) is 16.7. The van der Waals surface area contributed by atoms with E-state index in [2.05, 4.69) is 36.1 Å². The smallest absolute Gasteiger partial charge is 0.298 e. The Morgan fingerprint density at radius 2 is 1.96 bits per heavy atom. The highest BCUT2D eigenvalue weighted by Gasteiger charge is 2.26. The molecular formula is C13H8BrClN6O2S. The molecule has 3 aromatic rings. The lowest BCUT2D eigenvalue weighted by molar-refractivity contribution is -0.384. The Balaban J connectivity index is 1.98. The average Bonchev–Trinajstić information content (AvgIpc) is 3.04. The van der Waals surface area contributed by atoms with Gasteiger partial charge in [-0.3, -0.25) is 15.0 Å². The lowest BCUT2D eigenvalue weighted by Gasteiger charge is -2.13. The Hall–Kier alpha value is -2.17. The monoisotopic (exact) mass is 426 g/mol. The van der Waals surface area contributed by atoms with Crippen LogP contribution >= 0.6 is 38.9 Å². The number of anilines is 2. The number of aromatic nitrogens is 4. The molecule has 0 fully saturated rings. The molecule has 0 aliphatic heterocycles. The summed E-state index contributed by atoms with van der Waals surface area (Å²) in [5.41, 5.74) is 0.521. The highest BCUT2D eigenvalue weighted by molar-refractivity contribution is 9.10. The molecule has 1 aromatic carbocycles. The van der Waals surface area contributed by atoms with E-state index in [0.717, 1.165) is 16.4 Å². The van der Waals surface area contributed by atoms with Crippen molar-refractivity contribution in [2.24, 2.45) is 0 Å². The van der Waals surface area contributed by atoms with Crippen LogP contribution in [0.4, 0.5) is 16.6 Å². The van der Waals surface area contributed by atoms with Crippen LogP contribution in [-0.4, -0.2) is 32.1 Å². The number of rotatable bonds is 4. The van der Waals surface area contributed by atoms with Crippen molar-refractivity contribution in [2.45, 2.75) is 0 Å². The largest absolute Gasteiger partial charge is 0.348 e. The molecule has 0 bridgehead atoms. The van der Waals surface area contributed by atoms with Crippen molar-refractivity contribution in [3.05, 3.63) is 50.3 Å². The molecule has 122 valence electrons. The van der Waals surface area contributed by atoms with Crippen molar-refractivity contribution >= 4 is 55.5 Å². The number of nitro groups is 1. The minimum atomic E-state index is -0.620. The number of hydrogen-bond donors (Lipinski definition) is 0. The topological polar surface area (TPSA) is 97.9 Å². The highest BCUT2D eigenvalue weighted by Crippen LogP contribution is 2.37. The van der Waals surface area contributed by atoms with Crippen molar-refractivity contribution in [3.8, 4) is 10.6 Å². The lowest BCUT2D eigenvalue weighted by atomic mass is 10.2. The zero-order chi connectivity index (χ0) is 17.3. The van der Waals surface area contributed by atoms with Crippen molar-refractivity contribution in [3.63, 3.8) is 0 Å². The van der Waals surface area contributed by atoms with Gasteiger partial charge in [0.1, 0.15) is 11.3 Å². The van der Waals surface area contributed by atoms with Gasteiger partial charge in [0.25, 0.3) is 0 Å². The Morgan fingerprint density at radius 1 is 1.25 bits per heavy atom. The number of halogens is 2. The van der Waals surface area contributed by atoms with Crippen molar-refractivity contribution in [1.82, 2.24) is 20.2 Å². The van der Waals surface area contributed by atoms with Gasteiger partial charge >= 0.3 is 5.69 Å². The third kappa shape index (κ3) is 3.21. The van der Waals surface area contributed by atoms with Gasteiger partial charge < -0.3 is 0 Å². The maximum absolute atomic E-state index is 11.2. The van der Waals surface area contributed by atoms with Crippen LogP contribution in [0.3, 0.4) is 0 Å². The summed E-state index contributed by atoms with van der Waals surface area (Å²) in [6.45, 7) is 0. The van der Waals surface area contributed by atoms with Crippen LogP contribution in [0.25, 0.3) is 10.6 Å². The van der Waals surface area contributed by atoms with E-state index in [1.54, 1.807) is 7.05 Å². The van der Waals surface area contributed by atoms with E-state index in [0.29, 0.717) is 10.1 Å². The van der Waals surface area contributed by atoms with Crippen molar-refractivity contribution in [1.29, 1.82) is 0 Å². The van der Waals surface area contributed by atoms with E-state index in [-0.39, 0.29) is 16.7 Å². The number of nitrogens with zero attached hydrogens (tertiary/aromatic N) is 6. The van der Waals surface area contributed by atoms with Gasteiger partial charge in [-0.1, -0.05) is 51.0 Å². The quantitative estimate of drug-likeness (QED) is 0.351. The molecule has 0 radical (unpaired) electrons. The van der Waals surface area contributed by atoms with E-state index in [9.17, 15) is 10.1 Å². The fourth-order valence-corrected chi connectivity index (χ4v) is 3.18. The fraction of sp³-hybridized carbons (Fsp3) is 0.0769. The first-order chi connectivity index (χ1) is 11.5. The SMILES string of the molecule is CN(c1nnc(-c2ccc(Br)cc2)s1)c1ncnc(Cl)c1[N+](=O)[O-]. The molecule has 11 heteroatoms. The van der Waals surface area contributed by atoms with Crippen LogP contribution < -0.4 is 4.90 Å². The van der Waals surface area contributed by atoms with Crippen LogP contribution in [0.1, 0.15) is 0 Å². The molecule has 0 aliphatic carbocycles. The minimum Gasteiger partial charge on any atom is -0.298 e. The van der Waals surface area contributed by atoms with E-state index in [1.807, 2.05) is 24.3 Å². The van der Waals surface area contributed by atoms with Crippen LogP contribution in [0.5, 0.6) is 0 Å². The third-order valence-electron chi connectivity index (χ3n) is 3.05. The molecule has 0 spiro atoms. The van der Waals surface area contributed by atoms with Gasteiger partial charge in [-0.25, -0.2) is 9.97 Å². The van der Waals surface area contributed by atoms with Crippen LogP contribution in [0, 0.1) is 10.1 Å². The molecular weight excluding hydrogens is 420 g/mol. The maximum Gasteiger partial charge on any atom is 0.348 e. The second-order valence-electron chi connectivity index (χ2n) is 4.55. The molecule has 24 heavy (non-hydrogen) atoms. The number of benzene rings is 1. The summed E-state index contributed by atoms with van der Waals surface area (Å²) in [6, 6.07) is 7.60. The molecule has 3 rings (SSSR count). The minimum absolute atomic E-state index is 0.0542. The van der Waals surface area contributed by atoms with Gasteiger partial charge in [0, 0.05) is 17.1 Å². The van der Waals surface area contributed by atoms with Gasteiger partial charge in [-0.2, -0.15) is 0 Å². The molecule has 8 nitrogen and oxygen atoms in total. The summed E-state index contributed by atoms with van der Waals surface area (Å²) in [5, 5.41) is 20.3. The van der Waals surface area contributed by atoms with E-state index >= 15 is 0 Å². The van der Waals surface area contributed by atoms with Gasteiger partial charge in [0.15, 0.2) is 0 Å². The molecule has 0 atom stereocenters. The van der Waals surface area contributed by atoms with Crippen molar-refractivity contribution in [2.75, 3.05) is 11.9 Å². The molecule has 0 saturated carbocycles. The third-order valence-corrected chi connectivity index (χ3v) is 4.91. The highest BCUT2D eigenvalue weighted by atomic mass is 79.9. The average molecular weight is 428 g/mol. The normalized spacial score (nSPS) is 10.6. The Kier molecular flexibility index (Phi) is 4.69.